The maximum Gasteiger partial charge on any atom is 0.146 e. The fourth-order valence-corrected chi connectivity index (χ4v) is 2.50. The molecule has 0 aliphatic rings. The van der Waals surface area contributed by atoms with Crippen LogP contribution in [0.15, 0.2) is 18.2 Å². The van der Waals surface area contributed by atoms with Crippen LogP contribution in [0.25, 0.3) is 11.0 Å². The van der Waals surface area contributed by atoms with E-state index in [0.717, 1.165) is 55.2 Å². The Kier molecular flexibility index (Phi) is 5.68. The summed E-state index contributed by atoms with van der Waals surface area (Å²) in [6.07, 6.45) is 1.72. The first-order valence-electron chi connectivity index (χ1n) is 6.97. The Hall–Kier alpha value is -1.26. The van der Waals surface area contributed by atoms with Gasteiger partial charge in [-0.2, -0.15) is 0 Å². The van der Waals surface area contributed by atoms with Crippen molar-refractivity contribution in [3.63, 3.8) is 0 Å². The lowest BCUT2D eigenvalue weighted by atomic mass is 10.3. The molecule has 0 aliphatic heterocycles. The van der Waals surface area contributed by atoms with Crippen LogP contribution < -0.4 is 4.74 Å². The number of ether oxygens (including phenoxy) is 2. The largest absolute Gasteiger partial charge is 0.494 e. The van der Waals surface area contributed by atoms with E-state index in [4.69, 9.17) is 21.1 Å². The molecule has 0 fully saturated rings. The minimum absolute atomic E-state index is 0.567. The number of rotatable bonds is 8. The van der Waals surface area contributed by atoms with Crippen molar-refractivity contribution in [1.82, 2.24) is 9.55 Å². The molecule has 0 unspecified atom stereocenters. The van der Waals surface area contributed by atoms with Crippen molar-refractivity contribution < 1.29 is 9.47 Å². The van der Waals surface area contributed by atoms with Gasteiger partial charge in [-0.05, 0) is 25.5 Å². The quantitative estimate of drug-likeness (QED) is 0.554. The van der Waals surface area contributed by atoms with Crippen LogP contribution in [0.5, 0.6) is 5.75 Å². The molecule has 0 bridgehead atoms. The molecule has 0 amide bonds. The van der Waals surface area contributed by atoms with E-state index in [2.05, 4.69) is 15.6 Å². The van der Waals surface area contributed by atoms with Gasteiger partial charge in [0.25, 0.3) is 0 Å². The second-order valence-corrected chi connectivity index (χ2v) is 4.88. The van der Waals surface area contributed by atoms with E-state index in [9.17, 15) is 0 Å². The molecular formula is C15H21ClN2O2. The van der Waals surface area contributed by atoms with Gasteiger partial charge in [-0.1, -0.05) is 6.07 Å². The van der Waals surface area contributed by atoms with Crippen LogP contribution in [0.4, 0.5) is 0 Å². The van der Waals surface area contributed by atoms with Crippen molar-refractivity contribution in [2.75, 3.05) is 26.2 Å². The van der Waals surface area contributed by atoms with Crippen LogP contribution in [0, 0.1) is 0 Å². The van der Waals surface area contributed by atoms with Gasteiger partial charge in [0.2, 0.25) is 0 Å². The lowest BCUT2D eigenvalue weighted by Crippen LogP contribution is -2.07. The van der Waals surface area contributed by atoms with E-state index < -0.39 is 0 Å². The number of imidazole rings is 1. The van der Waals surface area contributed by atoms with Crippen molar-refractivity contribution in [3.8, 4) is 5.75 Å². The summed E-state index contributed by atoms with van der Waals surface area (Å²) >= 11 is 5.88. The third-order valence-electron chi connectivity index (χ3n) is 3.23. The van der Waals surface area contributed by atoms with Crippen molar-refractivity contribution in [2.24, 2.45) is 0 Å². The minimum atomic E-state index is 0.567. The Balaban J connectivity index is 2.31. The van der Waals surface area contributed by atoms with Gasteiger partial charge < -0.3 is 14.0 Å². The molecule has 1 aromatic heterocycles. The molecule has 2 rings (SSSR count). The molecule has 0 spiro atoms. The van der Waals surface area contributed by atoms with Crippen LogP contribution in [0.1, 0.15) is 19.2 Å². The van der Waals surface area contributed by atoms with Crippen molar-refractivity contribution in [2.45, 2.75) is 26.3 Å². The molecule has 0 atom stereocenters. The smallest absolute Gasteiger partial charge is 0.146 e. The summed E-state index contributed by atoms with van der Waals surface area (Å²) < 4.78 is 13.0. The van der Waals surface area contributed by atoms with Gasteiger partial charge >= 0.3 is 0 Å². The van der Waals surface area contributed by atoms with E-state index in [1.54, 1.807) is 7.11 Å². The minimum Gasteiger partial charge on any atom is -0.494 e. The zero-order chi connectivity index (χ0) is 14.4. The van der Waals surface area contributed by atoms with E-state index >= 15 is 0 Å². The molecule has 0 aliphatic carbocycles. The van der Waals surface area contributed by atoms with Gasteiger partial charge in [0.05, 0.1) is 12.6 Å². The summed E-state index contributed by atoms with van der Waals surface area (Å²) in [5, 5.41) is 0. The summed E-state index contributed by atoms with van der Waals surface area (Å²) in [4.78, 5) is 4.68. The highest BCUT2D eigenvalue weighted by atomic mass is 35.5. The lowest BCUT2D eigenvalue weighted by molar-refractivity contribution is 0.141. The van der Waals surface area contributed by atoms with Crippen LogP contribution in [-0.2, 0) is 17.7 Å². The SMILES string of the molecule is CCOCCCn1c(CCCl)nc2c(OC)cccc21. The van der Waals surface area contributed by atoms with E-state index in [-0.39, 0.29) is 0 Å². The van der Waals surface area contributed by atoms with Gasteiger partial charge in [-0.3, -0.25) is 0 Å². The molecule has 5 heteroatoms. The zero-order valence-corrected chi connectivity index (χ0v) is 12.8. The third kappa shape index (κ3) is 3.25. The number of para-hydroxylation sites is 1. The molecule has 1 heterocycles. The third-order valence-corrected chi connectivity index (χ3v) is 3.42. The molecule has 0 N–H and O–H groups in total. The number of nitrogens with zero attached hydrogens (tertiary/aromatic N) is 2. The average Bonchev–Trinajstić information content (AvgIpc) is 2.82. The molecule has 0 radical (unpaired) electrons. The number of hydrogen-bond donors (Lipinski definition) is 0. The summed E-state index contributed by atoms with van der Waals surface area (Å²) in [5.74, 6) is 2.38. The predicted molar refractivity (Wildman–Crippen MR) is 81.8 cm³/mol. The van der Waals surface area contributed by atoms with Crippen molar-refractivity contribution >= 4 is 22.6 Å². The first-order valence-corrected chi connectivity index (χ1v) is 7.51. The molecule has 2 aromatic rings. The van der Waals surface area contributed by atoms with Gasteiger partial charge in [-0.25, -0.2) is 4.98 Å². The number of aromatic nitrogens is 2. The molecule has 0 saturated heterocycles. The van der Waals surface area contributed by atoms with Crippen molar-refractivity contribution in [1.29, 1.82) is 0 Å². The monoisotopic (exact) mass is 296 g/mol. The second-order valence-electron chi connectivity index (χ2n) is 4.50. The maximum atomic E-state index is 5.88. The molecule has 4 nitrogen and oxygen atoms in total. The van der Waals surface area contributed by atoms with Crippen LogP contribution in [0.3, 0.4) is 0 Å². The number of hydrogen-bond acceptors (Lipinski definition) is 3. The fourth-order valence-electron chi connectivity index (χ4n) is 2.33. The summed E-state index contributed by atoms with van der Waals surface area (Å²) in [7, 11) is 1.67. The average molecular weight is 297 g/mol. The second kappa shape index (κ2) is 7.50. The zero-order valence-electron chi connectivity index (χ0n) is 12.1. The van der Waals surface area contributed by atoms with Gasteiger partial charge in [0, 0.05) is 32.1 Å². The Labute approximate surface area is 124 Å². The topological polar surface area (TPSA) is 36.3 Å². The van der Waals surface area contributed by atoms with Crippen LogP contribution in [0.2, 0.25) is 0 Å². The highest BCUT2D eigenvalue weighted by molar-refractivity contribution is 6.17. The molecule has 0 saturated carbocycles. The molecular weight excluding hydrogens is 276 g/mol. The van der Waals surface area contributed by atoms with Gasteiger partial charge in [0.15, 0.2) is 0 Å². The normalized spacial score (nSPS) is 11.2. The predicted octanol–water partition coefficient (Wildman–Crippen LogP) is 3.25. The number of halogens is 1. The molecule has 110 valence electrons. The van der Waals surface area contributed by atoms with E-state index in [1.807, 2.05) is 19.1 Å². The number of benzene rings is 1. The van der Waals surface area contributed by atoms with Crippen LogP contribution in [-0.4, -0.2) is 35.8 Å². The Morgan fingerprint density at radius 2 is 2.20 bits per heavy atom. The summed E-state index contributed by atoms with van der Waals surface area (Å²) in [6, 6.07) is 6.00. The number of methoxy groups -OCH3 is 1. The highest BCUT2D eigenvalue weighted by Gasteiger charge is 2.13. The van der Waals surface area contributed by atoms with Crippen LogP contribution >= 0.6 is 11.6 Å². The molecule has 1 aromatic carbocycles. The summed E-state index contributed by atoms with van der Waals surface area (Å²) in [6.45, 7) is 4.42. The molecule has 20 heavy (non-hydrogen) atoms. The van der Waals surface area contributed by atoms with Crippen molar-refractivity contribution in [3.05, 3.63) is 24.0 Å². The maximum absolute atomic E-state index is 5.88. The lowest BCUT2D eigenvalue weighted by Gasteiger charge is -2.08. The first kappa shape index (κ1) is 15.1. The standard InChI is InChI=1S/C15H21ClN2O2/c1-3-20-11-5-10-18-12-6-4-7-13(19-2)15(12)17-14(18)8-9-16/h4,6-7H,3,5,8-11H2,1-2H3. The summed E-state index contributed by atoms with van der Waals surface area (Å²) in [5.41, 5.74) is 2.01. The Morgan fingerprint density at radius 1 is 1.35 bits per heavy atom. The first-order chi connectivity index (χ1) is 9.81. The highest BCUT2D eigenvalue weighted by Crippen LogP contribution is 2.26. The van der Waals surface area contributed by atoms with E-state index in [1.165, 1.54) is 0 Å². The Bertz CT molecular complexity index is 554. The number of aryl methyl sites for hydroxylation is 2. The number of fused-ring (bicyclic) bond motifs is 1. The van der Waals surface area contributed by atoms with Gasteiger partial charge in [0.1, 0.15) is 17.1 Å². The van der Waals surface area contributed by atoms with E-state index in [0.29, 0.717) is 5.88 Å². The fraction of sp³-hybridized carbons (Fsp3) is 0.533. The Morgan fingerprint density at radius 3 is 2.90 bits per heavy atom. The number of alkyl halides is 1. The van der Waals surface area contributed by atoms with Gasteiger partial charge in [-0.15, -0.1) is 11.6 Å².